The summed E-state index contributed by atoms with van der Waals surface area (Å²) in [6.45, 7) is 4.00. The second-order valence-corrected chi connectivity index (χ2v) is 2.79. The molecule has 56 valence electrons. The zero-order valence-electron chi connectivity index (χ0n) is 6.26. The molecule has 0 heterocycles. The fourth-order valence-electron chi connectivity index (χ4n) is 0.501. The number of benzene rings is 1. The molecule has 2 heteroatoms. The number of hydrogen-bond acceptors (Lipinski definition) is 0. The first-order valence-electron chi connectivity index (χ1n) is 3.35. The molecule has 0 aromatic heterocycles. The SMILES string of the molecule is CC.ClPc1ccccc1. The van der Waals surface area contributed by atoms with E-state index in [9.17, 15) is 0 Å². The Balaban J connectivity index is 0.000000371. The maximum Gasteiger partial charge on any atom is 0.00659 e. The minimum atomic E-state index is 0.402. The van der Waals surface area contributed by atoms with Crippen molar-refractivity contribution in [3.63, 3.8) is 0 Å². The largest absolute Gasteiger partial charge is 0.0948 e. The number of rotatable bonds is 1. The molecule has 1 aromatic rings. The summed E-state index contributed by atoms with van der Waals surface area (Å²) in [4.78, 5) is 0. The van der Waals surface area contributed by atoms with Crippen LogP contribution >= 0.6 is 19.2 Å². The molecule has 1 aromatic carbocycles. The molecular formula is C8H12ClP. The summed E-state index contributed by atoms with van der Waals surface area (Å²) in [6, 6.07) is 10.0. The van der Waals surface area contributed by atoms with E-state index in [1.54, 1.807) is 0 Å². The minimum Gasteiger partial charge on any atom is -0.0948 e. The van der Waals surface area contributed by atoms with Gasteiger partial charge in [0.2, 0.25) is 0 Å². The molecule has 0 nitrogen and oxygen atoms in total. The topological polar surface area (TPSA) is 0 Å². The normalized spacial score (nSPS) is 9.10. The predicted octanol–water partition coefficient (Wildman–Crippen LogP) is 3.17. The second-order valence-electron chi connectivity index (χ2n) is 1.46. The van der Waals surface area contributed by atoms with Crippen LogP contribution in [0.1, 0.15) is 13.8 Å². The fraction of sp³-hybridized carbons (Fsp3) is 0.250. The molecule has 10 heavy (non-hydrogen) atoms. The summed E-state index contributed by atoms with van der Waals surface area (Å²) >= 11 is 5.55. The van der Waals surface area contributed by atoms with Crippen LogP contribution in [0.2, 0.25) is 0 Å². The molecule has 0 spiro atoms. The summed E-state index contributed by atoms with van der Waals surface area (Å²) in [5.74, 6) is 0. The lowest BCUT2D eigenvalue weighted by atomic mass is 10.4. The van der Waals surface area contributed by atoms with Crippen LogP contribution < -0.4 is 5.30 Å². The Bertz CT molecular complexity index is 151. The Morgan fingerprint density at radius 2 is 1.60 bits per heavy atom. The van der Waals surface area contributed by atoms with Crippen molar-refractivity contribution in [1.82, 2.24) is 0 Å². The Kier molecular flexibility index (Phi) is 7.01. The van der Waals surface area contributed by atoms with Gasteiger partial charge >= 0.3 is 0 Å². The third-order valence-electron chi connectivity index (χ3n) is 0.883. The third kappa shape index (κ3) is 3.87. The average molecular weight is 175 g/mol. The van der Waals surface area contributed by atoms with Crippen molar-refractivity contribution in [2.45, 2.75) is 13.8 Å². The van der Waals surface area contributed by atoms with Crippen molar-refractivity contribution in [1.29, 1.82) is 0 Å². The van der Waals surface area contributed by atoms with Gasteiger partial charge in [0.1, 0.15) is 0 Å². The van der Waals surface area contributed by atoms with E-state index < -0.39 is 0 Å². The molecule has 1 unspecified atom stereocenters. The van der Waals surface area contributed by atoms with E-state index in [1.807, 2.05) is 44.2 Å². The van der Waals surface area contributed by atoms with Gasteiger partial charge < -0.3 is 0 Å². The minimum absolute atomic E-state index is 0.402. The van der Waals surface area contributed by atoms with E-state index in [1.165, 1.54) is 5.30 Å². The first-order chi connectivity index (χ1) is 4.93. The highest BCUT2D eigenvalue weighted by molar-refractivity contribution is 7.74. The smallest absolute Gasteiger partial charge is 0.00659 e. The zero-order chi connectivity index (χ0) is 7.82. The van der Waals surface area contributed by atoms with Crippen molar-refractivity contribution in [3.05, 3.63) is 30.3 Å². The quantitative estimate of drug-likeness (QED) is 0.574. The molecule has 0 aliphatic rings. The van der Waals surface area contributed by atoms with Crippen molar-refractivity contribution in [3.8, 4) is 0 Å². The zero-order valence-corrected chi connectivity index (χ0v) is 8.02. The van der Waals surface area contributed by atoms with Gasteiger partial charge in [-0.25, -0.2) is 0 Å². The summed E-state index contributed by atoms with van der Waals surface area (Å²) in [7, 11) is 0.402. The van der Waals surface area contributed by atoms with E-state index in [2.05, 4.69) is 0 Å². The first kappa shape index (κ1) is 9.94. The van der Waals surface area contributed by atoms with Gasteiger partial charge in [-0.1, -0.05) is 55.4 Å². The van der Waals surface area contributed by atoms with Crippen molar-refractivity contribution in [2.75, 3.05) is 0 Å². The van der Waals surface area contributed by atoms with E-state index in [4.69, 9.17) is 11.2 Å². The van der Waals surface area contributed by atoms with Gasteiger partial charge in [-0.3, -0.25) is 0 Å². The van der Waals surface area contributed by atoms with Crippen LogP contribution in [0.4, 0.5) is 0 Å². The van der Waals surface area contributed by atoms with Gasteiger partial charge in [0.05, 0.1) is 0 Å². The van der Waals surface area contributed by atoms with Crippen molar-refractivity contribution >= 4 is 24.5 Å². The van der Waals surface area contributed by atoms with E-state index >= 15 is 0 Å². The highest BCUT2D eigenvalue weighted by Crippen LogP contribution is 2.13. The summed E-state index contributed by atoms with van der Waals surface area (Å²) < 4.78 is 0. The predicted molar refractivity (Wildman–Crippen MR) is 51.6 cm³/mol. The molecular weight excluding hydrogens is 163 g/mol. The molecule has 0 fully saturated rings. The first-order valence-corrected chi connectivity index (χ1v) is 5.36. The van der Waals surface area contributed by atoms with E-state index in [0.29, 0.717) is 7.93 Å². The summed E-state index contributed by atoms with van der Waals surface area (Å²) in [5, 5.41) is 1.20. The molecule has 0 N–H and O–H groups in total. The monoisotopic (exact) mass is 174 g/mol. The lowest BCUT2D eigenvalue weighted by Crippen LogP contribution is -1.85. The molecule has 1 atom stereocenters. The molecule has 0 radical (unpaired) electrons. The number of halogens is 1. The van der Waals surface area contributed by atoms with Gasteiger partial charge in [-0.2, -0.15) is 0 Å². The van der Waals surface area contributed by atoms with Gasteiger partial charge in [0.25, 0.3) is 0 Å². The van der Waals surface area contributed by atoms with Crippen LogP contribution in [-0.2, 0) is 0 Å². The Hall–Kier alpha value is -0.0600. The van der Waals surface area contributed by atoms with Crippen LogP contribution in [0.25, 0.3) is 0 Å². The maximum atomic E-state index is 5.55. The van der Waals surface area contributed by atoms with E-state index in [-0.39, 0.29) is 0 Å². The highest BCUT2D eigenvalue weighted by atomic mass is 35.7. The molecule has 0 amide bonds. The average Bonchev–Trinajstić information content (AvgIpc) is 2.10. The van der Waals surface area contributed by atoms with Crippen LogP contribution in [0.5, 0.6) is 0 Å². The van der Waals surface area contributed by atoms with Crippen LogP contribution in [0.15, 0.2) is 30.3 Å². The van der Waals surface area contributed by atoms with E-state index in [0.717, 1.165) is 0 Å². The molecule has 1 rings (SSSR count). The third-order valence-corrected chi connectivity index (χ3v) is 2.09. The van der Waals surface area contributed by atoms with Gasteiger partial charge in [-0.05, 0) is 5.30 Å². The second kappa shape index (κ2) is 7.05. The highest BCUT2D eigenvalue weighted by Gasteiger charge is 1.81. The molecule has 0 saturated carbocycles. The maximum absolute atomic E-state index is 5.55. The Morgan fingerprint density at radius 1 is 1.10 bits per heavy atom. The molecule has 0 aliphatic carbocycles. The standard InChI is InChI=1S/C6H6ClP.C2H6/c7-8-6-4-2-1-3-5-6;1-2/h1-5,8H;1-2H3. The van der Waals surface area contributed by atoms with Crippen LogP contribution in [0, 0.1) is 0 Å². The lowest BCUT2D eigenvalue weighted by molar-refractivity contribution is 1.50. The van der Waals surface area contributed by atoms with Gasteiger partial charge in [0.15, 0.2) is 0 Å². The van der Waals surface area contributed by atoms with Crippen molar-refractivity contribution in [2.24, 2.45) is 0 Å². The fourth-order valence-corrected chi connectivity index (χ4v) is 1.20. The Labute approximate surface area is 69.2 Å². The molecule has 0 bridgehead atoms. The molecule has 0 saturated heterocycles. The lowest BCUT2D eigenvalue weighted by Gasteiger charge is -1.87. The summed E-state index contributed by atoms with van der Waals surface area (Å²) in [5.41, 5.74) is 0. The van der Waals surface area contributed by atoms with Crippen LogP contribution in [0.3, 0.4) is 0 Å². The summed E-state index contributed by atoms with van der Waals surface area (Å²) in [6.07, 6.45) is 0. The molecule has 0 aliphatic heterocycles. The van der Waals surface area contributed by atoms with Crippen molar-refractivity contribution < 1.29 is 0 Å². The van der Waals surface area contributed by atoms with Gasteiger partial charge in [-0.15, -0.1) is 0 Å². The number of hydrogen-bond donors (Lipinski definition) is 0. The van der Waals surface area contributed by atoms with Gasteiger partial charge in [0, 0.05) is 7.93 Å². The van der Waals surface area contributed by atoms with Crippen LogP contribution in [-0.4, -0.2) is 0 Å². The Morgan fingerprint density at radius 3 is 1.90 bits per heavy atom.